The molecular weight excluding hydrogens is 362 g/mol. The van der Waals surface area contributed by atoms with Gasteiger partial charge in [-0.05, 0) is 28.1 Å². The summed E-state index contributed by atoms with van der Waals surface area (Å²) in [4.78, 5) is 16.5. The second-order valence-electron chi connectivity index (χ2n) is 4.25. The molecule has 0 saturated carbocycles. The Labute approximate surface area is 130 Å². The summed E-state index contributed by atoms with van der Waals surface area (Å²) in [5, 5.41) is 0. The lowest BCUT2D eigenvalue weighted by atomic mass is 10.5. The van der Waals surface area contributed by atoms with Crippen molar-refractivity contribution in [3.63, 3.8) is 0 Å². The van der Waals surface area contributed by atoms with E-state index < -0.39 is 16.1 Å². The number of rotatable bonds is 3. The highest BCUT2D eigenvalue weighted by Gasteiger charge is 2.21. The van der Waals surface area contributed by atoms with Crippen LogP contribution in [0.2, 0.25) is 0 Å². The lowest BCUT2D eigenvalue weighted by Gasteiger charge is -2.09. The Morgan fingerprint density at radius 1 is 1.43 bits per heavy atom. The number of amides is 1. The first kappa shape index (κ1) is 15.5. The highest BCUT2D eigenvalue weighted by molar-refractivity contribution is 9.10. The number of carbonyl (C=O) groups excluding carboxylic acids is 1. The van der Waals surface area contributed by atoms with Gasteiger partial charge in [-0.25, -0.2) is 17.2 Å². The van der Waals surface area contributed by atoms with Crippen LogP contribution in [-0.4, -0.2) is 42.5 Å². The molecule has 2 aromatic heterocycles. The number of hydrogen-bond acceptors (Lipinski definition) is 5. The van der Waals surface area contributed by atoms with Gasteiger partial charge in [0.1, 0.15) is 9.50 Å². The van der Waals surface area contributed by atoms with Crippen molar-refractivity contribution in [3.05, 3.63) is 41.4 Å². The van der Waals surface area contributed by atoms with Crippen LogP contribution in [0.15, 0.2) is 46.3 Å². The minimum absolute atomic E-state index is 0.0341. The average molecular weight is 374 g/mol. The SMILES string of the molecule is CN(C)C(=O)Oc1cc(Br)n(S(=O)(=O)c2cccnc2)c1. The lowest BCUT2D eigenvalue weighted by Crippen LogP contribution is -2.25. The fraction of sp³-hybridized carbons (Fsp3) is 0.167. The van der Waals surface area contributed by atoms with Crippen LogP contribution in [0.4, 0.5) is 4.79 Å². The van der Waals surface area contributed by atoms with Gasteiger partial charge >= 0.3 is 6.09 Å². The first-order valence-corrected chi connectivity index (χ1v) is 7.98. The Bertz CT molecular complexity index is 756. The number of hydrogen-bond donors (Lipinski definition) is 0. The summed E-state index contributed by atoms with van der Waals surface area (Å²) in [6.45, 7) is 0. The van der Waals surface area contributed by atoms with Crippen molar-refractivity contribution >= 4 is 32.0 Å². The zero-order valence-electron chi connectivity index (χ0n) is 11.2. The highest BCUT2D eigenvalue weighted by atomic mass is 79.9. The standard InChI is InChI=1S/C12H12BrN3O4S/c1-15(2)12(17)20-9-6-11(13)16(8-9)21(18,19)10-4-3-5-14-7-10/h3-8H,1-2H3. The zero-order valence-corrected chi connectivity index (χ0v) is 13.6. The Morgan fingerprint density at radius 2 is 2.14 bits per heavy atom. The molecule has 112 valence electrons. The van der Waals surface area contributed by atoms with Gasteiger partial charge in [-0.15, -0.1) is 0 Å². The molecule has 0 aliphatic carbocycles. The van der Waals surface area contributed by atoms with Crippen LogP contribution in [0, 0.1) is 0 Å². The topological polar surface area (TPSA) is 81.5 Å². The van der Waals surface area contributed by atoms with E-state index >= 15 is 0 Å². The molecule has 0 spiro atoms. The molecule has 0 aliphatic heterocycles. The first-order chi connectivity index (χ1) is 9.82. The molecule has 0 atom stereocenters. The van der Waals surface area contributed by atoms with Gasteiger partial charge in [0.15, 0.2) is 5.75 Å². The first-order valence-electron chi connectivity index (χ1n) is 5.75. The molecule has 21 heavy (non-hydrogen) atoms. The van der Waals surface area contributed by atoms with E-state index in [0.29, 0.717) is 0 Å². The molecule has 2 heterocycles. The molecule has 2 aromatic rings. The van der Waals surface area contributed by atoms with Crippen LogP contribution >= 0.6 is 15.9 Å². The summed E-state index contributed by atoms with van der Waals surface area (Å²) in [6, 6.07) is 4.35. The Kier molecular flexibility index (Phi) is 4.33. The minimum atomic E-state index is -3.80. The summed E-state index contributed by atoms with van der Waals surface area (Å²) >= 11 is 3.14. The normalized spacial score (nSPS) is 11.2. The Morgan fingerprint density at radius 3 is 2.71 bits per heavy atom. The number of nitrogens with zero attached hydrogens (tertiary/aromatic N) is 3. The van der Waals surface area contributed by atoms with Gasteiger partial charge in [-0.1, -0.05) is 0 Å². The molecule has 1 amide bonds. The van der Waals surface area contributed by atoms with E-state index in [1.807, 2.05) is 0 Å². The van der Waals surface area contributed by atoms with Crippen molar-refractivity contribution in [1.82, 2.24) is 13.9 Å². The fourth-order valence-electron chi connectivity index (χ4n) is 1.44. The lowest BCUT2D eigenvalue weighted by molar-refractivity contribution is 0.172. The van der Waals surface area contributed by atoms with Gasteiger partial charge in [0.05, 0.1) is 6.20 Å². The maximum atomic E-state index is 12.4. The Hall–Kier alpha value is -1.87. The maximum Gasteiger partial charge on any atom is 0.414 e. The van der Waals surface area contributed by atoms with Gasteiger partial charge in [0.25, 0.3) is 10.0 Å². The van der Waals surface area contributed by atoms with Gasteiger partial charge < -0.3 is 9.64 Å². The van der Waals surface area contributed by atoms with Crippen LogP contribution in [0.1, 0.15) is 0 Å². The van der Waals surface area contributed by atoms with Crippen LogP contribution < -0.4 is 4.74 Å². The summed E-state index contributed by atoms with van der Waals surface area (Å²) < 4.78 is 31.1. The molecule has 2 rings (SSSR count). The van der Waals surface area contributed by atoms with Crippen molar-refractivity contribution in [1.29, 1.82) is 0 Å². The second kappa shape index (κ2) is 5.86. The van der Waals surface area contributed by atoms with Crippen molar-refractivity contribution in [2.45, 2.75) is 4.90 Å². The second-order valence-corrected chi connectivity index (χ2v) is 6.88. The van der Waals surface area contributed by atoms with E-state index in [2.05, 4.69) is 20.9 Å². The molecule has 0 saturated heterocycles. The molecular formula is C12H12BrN3O4S. The van der Waals surface area contributed by atoms with E-state index in [9.17, 15) is 13.2 Å². The quantitative estimate of drug-likeness (QED) is 0.820. The Balaban J connectivity index is 2.38. The number of halogens is 1. The summed E-state index contributed by atoms with van der Waals surface area (Å²) in [5.74, 6) is 0.119. The average Bonchev–Trinajstić information content (AvgIpc) is 2.81. The molecule has 0 N–H and O–H groups in total. The van der Waals surface area contributed by atoms with E-state index in [1.54, 1.807) is 0 Å². The van der Waals surface area contributed by atoms with E-state index in [-0.39, 0.29) is 15.2 Å². The molecule has 0 unspecified atom stereocenters. The van der Waals surface area contributed by atoms with E-state index in [0.717, 1.165) is 3.97 Å². The fourth-order valence-corrected chi connectivity index (χ4v) is 3.54. The van der Waals surface area contributed by atoms with Crippen molar-refractivity contribution in [2.24, 2.45) is 0 Å². The van der Waals surface area contributed by atoms with Crippen molar-refractivity contribution < 1.29 is 17.9 Å². The van der Waals surface area contributed by atoms with Gasteiger partial charge in [-0.2, -0.15) is 0 Å². The van der Waals surface area contributed by atoms with E-state index in [1.165, 1.54) is 55.8 Å². The summed E-state index contributed by atoms with van der Waals surface area (Å²) in [6.07, 6.45) is 3.34. The smallest absolute Gasteiger partial charge is 0.409 e. The third-order valence-corrected chi connectivity index (χ3v) is 4.98. The number of ether oxygens (including phenoxy) is 1. The van der Waals surface area contributed by atoms with Gasteiger partial charge in [0, 0.05) is 32.6 Å². The summed E-state index contributed by atoms with van der Waals surface area (Å²) in [7, 11) is -0.745. The predicted molar refractivity (Wildman–Crippen MR) is 78.7 cm³/mol. The van der Waals surface area contributed by atoms with Crippen molar-refractivity contribution in [3.8, 4) is 5.75 Å². The number of aromatic nitrogens is 2. The predicted octanol–water partition coefficient (Wildman–Crippen LogP) is 1.94. The van der Waals surface area contributed by atoms with Crippen LogP contribution in [0.3, 0.4) is 0 Å². The third kappa shape index (κ3) is 3.24. The molecule has 7 nitrogen and oxygen atoms in total. The molecule has 0 bridgehead atoms. The maximum absolute atomic E-state index is 12.4. The van der Waals surface area contributed by atoms with Crippen molar-refractivity contribution in [2.75, 3.05) is 14.1 Å². The molecule has 0 aliphatic rings. The zero-order chi connectivity index (χ0) is 15.6. The summed E-state index contributed by atoms with van der Waals surface area (Å²) in [5.41, 5.74) is 0. The number of carbonyl (C=O) groups is 1. The van der Waals surface area contributed by atoms with Crippen LogP contribution in [0.25, 0.3) is 0 Å². The molecule has 0 aromatic carbocycles. The van der Waals surface area contributed by atoms with Gasteiger partial charge in [-0.3, -0.25) is 4.98 Å². The van der Waals surface area contributed by atoms with Crippen LogP contribution in [0.5, 0.6) is 5.75 Å². The third-order valence-electron chi connectivity index (χ3n) is 2.48. The molecule has 0 radical (unpaired) electrons. The largest absolute Gasteiger partial charge is 0.414 e. The molecule has 0 fully saturated rings. The van der Waals surface area contributed by atoms with Gasteiger partial charge in [0.2, 0.25) is 0 Å². The monoisotopic (exact) mass is 373 g/mol. The highest BCUT2D eigenvalue weighted by Crippen LogP contribution is 2.26. The number of pyridine rings is 1. The van der Waals surface area contributed by atoms with E-state index in [4.69, 9.17) is 4.74 Å². The molecule has 9 heteroatoms. The minimum Gasteiger partial charge on any atom is -0.409 e. The van der Waals surface area contributed by atoms with Crippen LogP contribution in [-0.2, 0) is 10.0 Å².